The van der Waals surface area contributed by atoms with Crippen molar-refractivity contribution in [3.8, 4) is 5.75 Å². The molecule has 0 radical (unpaired) electrons. The van der Waals surface area contributed by atoms with Gasteiger partial charge in [0.15, 0.2) is 6.61 Å². The lowest BCUT2D eigenvalue weighted by atomic mass is 10.2. The van der Waals surface area contributed by atoms with E-state index in [-0.39, 0.29) is 17.1 Å². The normalized spacial score (nSPS) is 11.4. The molecular formula is C12H13NO6S. The van der Waals surface area contributed by atoms with Gasteiger partial charge in [0.25, 0.3) is 5.91 Å². The predicted octanol–water partition coefficient (Wildman–Crippen LogP) is 0.0482. The number of para-hydroxylation sites is 1. The highest BCUT2D eigenvalue weighted by atomic mass is 32.1. The number of benzene rings is 1. The maximum Gasteiger partial charge on any atom is 0.342 e. The molecule has 8 heteroatoms. The van der Waals surface area contributed by atoms with E-state index in [2.05, 4.69) is 22.7 Å². The van der Waals surface area contributed by atoms with Crippen molar-refractivity contribution in [1.29, 1.82) is 0 Å². The first-order valence-electron chi connectivity index (χ1n) is 5.54. The van der Waals surface area contributed by atoms with Crippen LogP contribution in [0.3, 0.4) is 0 Å². The molecule has 0 bridgehead atoms. The van der Waals surface area contributed by atoms with Crippen molar-refractivity contribution in [1.82, 2.24) is 5.32 Å². The quantitative estimate of drug-likeness (QED) is 0.436. The molecule has 1 atom stereocenters. The number of phenols is 1. The minimum atomic E-state index is -1.24. The van der Waals surface area contributed by atoms with Crippen molar-refractivity contribution in [3.05, 3.63) is 29.8 Å². The van der Waals surface area contributed by atoms with Crippen molar-refractivity contribution in [2.24, 2.45) is 0 Å². The van der Waals surface area contributed by atoms with Gasteiger partial charge in [-0.1, -0.05) is 12.1 Å². The lowest BCUT2D eigenvalue weighted by Gasteiger charge is -2.12. The fourth-order valence-electron chi connectivity index (χ4n) is 1.28. The van der Waals surface area contributed by atoms with E-state index in [0.29, 0.717) is 0 Å². The number of amides is 1. The Bertz CT molecular complexity index is 518. The van der Waals surface area contributed by atoms with Gasteiger partial charge in [-0.05, 0) is 12.1 Å². The third-order valence-electron chi connectivity index (χ3n) is 2.27. The number of hydrogen-bond acceptors (Lipinski definition) is 6. The molecule has 0 saturated carbocycles. The fraction of sp³-hybridized carbons (Fsp3) is 0.250. The summed E-state index contributed by atoms with van der Waals surface area (Å²) in [5.74, 6) is -3.24. The second kappa shape index (κ2) is 7.39. The Morgan fingerprint density at radius 1 is 1.30 bits per heavy atom. The van der Waals surface area contributed by atoms with Gasteiger partial charge in [0, 0.05) is 5.75 Å². The Labute approximate surface area is 120 Å². The number of nitrogens with one attached hydrogen (secondary N) is 1. The molecule has 0 aliphatic heterocycles. The zero-order chi connectivity index (χ0) is 15.1. The Morgan fingerprint density at radius 3 is 2.50 bits per heavy atom. The van der Waals surface area contributed by atoms with E-state index in [0.717, 1.165) is 0 Å². The van der Waals surface area contributed by atoms with Crippen molar-refractivity contribution < 1.29 is 29.3 Å². The molecule has 0 heterocycles. The van der Waals surface area contributed by atoms with Gasteiger partial charge in [-0.2, -0.15) is 12.6 Å². The smallest absolute Gasteiger partial charge is 0.342 e. The number of ether oxygens (including phenoxy) is 1. The zero-order valence-electron chi connectivity index (χ0n) is 10.3. The Hall–Kier alpha value is -2.22. The molecule has 1 amide bonds. The van der Waals surface area contributed by atoms with E-state index in [4.69, 9.17) is 5.11 Å². The second-order valence-corrected chi connectivity index (χ2v) is 4.10. The molecule has 0 aliphatic carbocycles. The molecule has 0 spiro atoms. The zero-order valence-corrected chi connectivity index (χ0v) is 11.2. The standard InChI is InChI=1S/C12H13NO6S/c14-9-4-2-1-3-7(9)12(18)19-5-10(15)13-8(6-20)11(16)17/h1-4,8,14,20H,5-6H2,(H,13,15)(H,16,17). The molecular weight excluding hydrogens is 286 g/mol. The minimum Gasteiger partial charge on any atom is -0.507 e. The molecule has 0 aromatic heterocycles. The van der Waals surface area contributed by atoms with Crippen molar-refractivity contribution in [2.75, 3.05) is 12.4 Å². The summed E-state index contributed by atoms with van der Waals surface area (Å²) in [4.78, 5) is 33.6. The van der Waals surface area contributed by atoms with Crippen LogP contribution in [0.1, 0.15) is 10.4 Å². The number of phenolic OH excluding ortho intramolecular Hbond substituents is 1. The van der Waals surface area contributed by atoms with Crippen LogP contribution in [0.25, 0.3) is 0 Å². The Kier molecular flexibility index (Phi) is 5.85. The maximum absolute atomic E-state index is 11.6. The molecule has 0 saturated heterocycles. The minimum absolute atomic E-state index is 0.0794. The number of hydrogen-bond donors (Lipinski definition) is 4. The van der Waals surface area contributed by atoms with E-state index in [1.807, 2.05) is 0 Å². The topological polar surface area (TPSA) is 113 Å². The SMILES string of the molecule is O=C(COC(=O)c1ccccc1O)NC(CS)C(=O)O. The highest BCUT2D eigenvalue weighted by Gasteiger charge is 2.19. The number of aliphatic carboxylic acids is 1. The third kappa shape index (κ3) is 4.47. The molecule has 0 fully saturated rings. The van der Waals surface area contributed by atoms with E-state index < -0.39 is 30.5 Å². The number of carboxylic acid groups (broad SMARTS) is 1. The van der Waals surface area contributed by atoms with Gasteiger partial charge in [-0.25, -0.2) is 9.59 Å². The molecule has 3 N–H and O–H groups in total. The molecule has 1 unspecified atom stereocenters. The first-order valence-corrected chi connectivity index (χ1v) is 6.17. The molecule has 1 aromatic rings. The van der Waals surface area contributed by atoms with Crippen LogP contribution < -0.4 is 5.32 Å². The number of carboxylic acids is 1. The number of carbonyl (C=O) groups excluding carboxylic acids is 2. The van der Waals surface area contributed by atoms with E-state index in [9.17, 15) is 19.5 Å². The molecule has 1 rings (SSSR count). The van der Waals surface area contributed by atoms with Crippen molar-refractivity contribution in [2.45, 2.75) is 6.04 Å². The van der Waals surface area contributed by atoms with Crippen LogP contribution in [-0.2, 0) is 14.3 Å². The lowest BCUT2D eigenvalue weighted by molar-refractivity contribution is -0.141. The molecule has 1 aromatic carbocycles. The summed E-state index contributed by atoms with van der Waals surface area (Å²) >= 11 is 3.77. The largest absolute Gasteiger partial charge is 0.507 e. The van der Waals surface area contributed by atoms with Crippen molar-refractivity contribution >= 4 is 30.5 Å². The van der Waals surface area contributed by atoms with Gasteiger partial charge in [0.2, 0.25) is 0 Å². The Morgan fingerprint density at radius 2 is 1.95 bits per heavy atom. The first-order chi connectivity index (χ1) is 9.45. The first kappa shape index (κ1) is 15.8. The summed E-state index contributed by atoms with van der Waals surface area (Å²) < 4.78 is 4.67. The summed E-state index contributed by atoms with van der Waals surface area (Å²) in [7, 11) is 0. The highest BCUT2D eigenvalue weighted by Crippen LogP contribution is 2.16. The monoisotopic (exact) mass is 299 g/mol. The average molecular weight is 299 g/mol. The van der Waals surface area contributed by atoms with E-state index >= 15 is 0 Å². The van der Waals surface area contributed by atoms with E-state index in [1.165, 1.54) is 24.3 Å². The summed E-state index contributed by atoms with van der Waals surface area (Å²) in [5, 5.41) is 20.3. The molecule has 20 heavy (non-hydrogen) atoms. The summed E-state index contributed by atoms with van der Waals surface area (Å²) in [5.41, 5.74) is -0.0794. The lowest BCUT2D eigenvalue weighted by Crippen LogP contribution is -2.43. The van der Waals surface area contributed by atoms with E-state index in [1.54, 1.807) is 0 Å². The van der Waals surface area contributed by atoms with Gasteiger partial charge >= 0.3 is 11.9 Å². The van der Waals surface area contributed by atoms with Crippen LogP contribution in [0.15, 0.2) is 24.3 Å². The van der Waals surface area contributed by atoms with Crippen LogP contribution in [0, 0.1) is 0 Å². The van der Waals surface area contributed by atoms with Gasteiger partial charge in [0.1, 0.15) is 17.4 Å². The maximum atomic E-state index is 11.6. The van der Waals surface area contributed by atoms with Gasteiger partial charge in [-0.15, -0.1) is 0 Å². The van der Waals surface area contributed by atoms with Crippen LogP contribution >= 0.6 is 12.6 Å². The van der Waals surface area contributed by atoms with Crippen LogP contribution in [-0.4, -0.2) is 46.5 Å². The van der Waals surface area contributed by atoms with Crippen LogP contribution in [0.2, 0.25) is 0 Å². The number of thiol groups is 1. The predicted molar refractivity (Wildman–Crippen MR) is 71.8 cm³/mol. The highest BCUT2D eigenvalue weighted by molar-refractivity contribution is 7.80. The summed E-state index contributed by atoms with van der Waals surface area (Å²) in [6.07, 6.45) is 0. The third-order valence-corrected chi connectivity index (χ3v) is 2.64. The van der Waals surface area contributed by atoms with Crippen LogP contribution in [0.5, 0.6) is 5.75 Å². The number of esters is 1. The molecule has 108 valence electrons. The number of aromatic hydroxyl groups is 1. The fourth-order valence-corrected chi connectivity index (χ4v) is 1.52. The Balaban J connectivity index is 2.51. The molecule has 7 nitrogen and oxygen atoms in total. The van der Waals surface area contributed by atoms with Gasteiger partial charge in [0.05, 0.1) is 0 Å². The van der Waals surface area contributed by atoms with Crippen molar-refractivity contribution in [3.63, 3.8) is 0 Å². The van der Waals surface area contributed by atoms with Crippen LogP contribution in [0.4, 0.5) is 0 Å². The molecule has 0 aliphatic rings. The number of rotatable bonds is 6. The van der Waals surface area contributed by atoms with Gasteiger partial charge < -0.3 is 20.3 Å². The number of carbonyl (C=O) groups is 3. The second-order valence-electron chi connectivity index (χ2n) is 3.73. The summed E-state index contributed by atoms with van der Waals surface area (Å²) in [6, 6.07) is 4.54. The average Bonchev–Trinajstić information content (AvgIpc) is 2.42. The van der Waals surface area contributed by atoms with Gasteiger partial charge in [-0.3, -0.25) is 4.79 Å². The summed E-state index contributed by atoms with van der Waals surface area (Å²) in [6.45, 7) is -0.648.